The molecule has 0 aromatic carbocycles. The van der Waals surface area contributed by atoms with Crippen LogP contribution >= 0.6 is 0 Å². The first-order valence-electron chi connectivity index (χ1n) is 10.2. The topological polar surface area (TPSA) is 26.0 Å². The van der Waals surface area contributed by atoms with Crippen LogP contribution in [0.2, 0.25) is 0 Å². The molecule has 0 aliphatic heterocycles. The SMILES string of the molecule is CCCCCCCCCCCCCCCCCC=C(C)CN. The molecule has 0 atom stereocenters. The number of nitrogens with two attached hydrogens (primary N) is 1. The van der Waals surface area contributed by atoms with Gasteiger partial charge in [0.25, 0.3) is 0 Å². The fourth-order valence-electron chi connectivity index (χ4n) is 2.95. The van der Waals surface area contributed by atoms with Gasteiger partial charge in [0.05, 0.1) is 0 Å². The van der Waals surface area contributed by atoms with Crippen LogP contribution in [0.5, 0.6) is 0 Å². The molecule has 0 aliphatic rings. The molecule has 22 heavy (non-hydrogen) atoms. The number of hydrogen-bond acceptors (Lipinski definition) is 1. The monoisotopic (exact) mass is 309 g/mol. The highest BCUT2D eigenvalue weighted by atomic mass is 14.5. The largest absolute Gasteiger partial charge is 0.327 e. The second-order valence-corrected chi connectivity index (χ2v) is 6.99. The molecule has 0 rings (SSSR count). The summed E-state index contributed by atoms with van der Waals surface area (Å²) in [5.74, 6) is 0. The van der Waals surface area contributed by atoms with E-state index < -0.39 is 0 Å². The summed E-state index contributed by atoms with van der Waals surface area (Å²) in [6, 6.07) is 0. The standard InChI is InChI=1S/C21H43N/c1-3-4-5-6-7-8-9-10-11-12-13-14-15-16-17-18-19-21(2)20-22/h19H,3-18,20,22H2,1-2H3. The normalized spacial score (nSPS) is 12.0. The number of hydrogen-bond donors (Lipinski definition) is 1. The Balaban J connectivity index is 3.03. The summed E-state index contributed by atoms with van der Waals surface area (Å²) >= 11 is 0. The Morgan fingerprint density at radius 1 is 0.636 bits per heavy atom. The van der Waals surface area contributed by atoms with Crippen LogP contribution in [0.1, 0.15) is 117 Å². The van der Waals surface area contributed by atoms with Gasteiger partial charge in [-0.15, -0.1) is 0 Å². The van der Waals surface area contributed by atoms with Gasteiger partial charge in [-0.3, -0.25) is 0 Å². The van der Waals surface area contributed by atoms with Crippen molar-refractivity contribution in [3.63, 3.8) is 0 Å². The maximum atomic E-state index is 5.57. The van der Waals surface area contributed by atoms with E-state index in [1.54, 1.807) is 0 Å². The molecule has 0 saturated carbocycles. The molecule has 0 radical (unpaired) electrons. The van der Waals surface area contributed by atoms with E-state index in [-0.39, 0.29) is 0 Å². The molecule has 0 bridgehead atoms. The molecule has 0 fully saturated rings. The Morgan fingerprint density at radius 2 is 1.00 bits per heavy atom. The van der Waals surface area contributed by atoms with Crippen LogP contribution in [0.15, 0.2) is 11.6 Å². The molecule has 0 spiro atoms. The van der Waals surface area contributed by atoms with E-state index in [0.717, 1.165) is 6.54 Å². The Morgan fingerprint density at radius 3 is 1.36 bits per heavy atom. The Kier molecular flexibility index (Phi) is 18.5. The average molecular weight is 310 g/mol. The molecule has 0 heterocycles. The van der Waals surface area contributed by atoms with Crippen LogP contribution in [0, 0.1) is 0 Å². The molecule has 0 aromatic rings. The van der Waals surface area contributed by atoms with Gasteiger partial charge in [-0.2, -0.15) is 0 Å². The van der Waals surface area contributed by atoms with Crippen molar-refractivity contribution < 1.29 is 0 Å². The van der Waals surface area contributed by atoms with E-state index in [2.05, 4.69) is 19.9 Å². The van der Waals surface area contributed by atoms with Gasteiger partial charge in [0.2, 0.25) is 0 Å². The van der Waals surface area contributed by atoms with Gasteiger partial charge in [-0.1, -0.05) is 108 Å². The molecule has 0 unspecified atom stereocenters. The molecule has 0 saturated heterocycles. The van der Waals surface area contributed by atoms with E-state index in [4.69, 9.17) is 5.73 Å². The van der Waals surface area contributed by atoms with Crippen LogP contribution in [0.4, 0.5) is 0 Å². The predicted molar refractivity (Wildman–Crippen MR) is 102 cm³/mol. The lowest BCUT2D eigenvalue weighted by molar-refractivity contribution is 0.533. The fourth-order valence-corrected chi connectivity index (χ4v) is 2.95. The summed E-state index contributed by atoms with van der Waals surface area (Å²) in [5.41, 5.74) is 6.91. The van der Waals surface area contributed by atoms with Crippen molar-refractivity contribution in [2.45, 2.75) is 117 Å². The van der Waals surface area contributed by atoms with E-state index in [9.17, 15) is 0 Å². The van der Waals surface area contributed by atoms with Crippen molar-refractivity contribution in [3.8, 4) is 0 Å². The minimum Gasteiger partial charge on any atom is -0.327 e. The van der Waals surface area contributed by atoms with E-state index >= 15 is 0 Å². The van der Waals surface area contributed by atoms with Gasteiger partial charge in [-0.25, -0.2) is 0 Å². The molecule has 0 aliphatic carbocycles. The lowest BCUT2D eigenvalue weighted by Crippen LogP contribution is -1.99. The van der Waals surface area contributed by atoms with Gasteiger partial charge < -0.3 is 5.73 Å². The zero-order valence-electron chi connectivity index (χ0n) is 15.7. The average Bonchev–Trinajstić information content (AvgIpc) is 2.54. The van der Waals surface area contributed by atoms with Crippen LogP contribution < -0.4 is 5.73 Å². The molecule has 0 amide bonds. The Hall–Kier alpha value is -0.300. The number of allylic oxidation sites excluding steroid dienone is 1. The zero-order valence-corrected chi connectivity index (χ0v) is 15.7. The number of rotatable bonds is 17. The summed E-state index contributed by atoms with van der Waals surface area (Å²) in [6.07, 6.45) is 25.1. The van der Waals surface area contributed by atoms with Gasteiger partial charge in [0, 0.05) is 6.54 Å². The first-order chi connectivity index (χ1) is 10.8. The molecule has 132 valence electrons. The highest BCUT2D eigenvalue weighted by Gasteiger charge is 1.94. The highest BCUT2D eigenvalue weighted by Crippen LogP contribution is 2.13. The van der Waals surface area contributed by atoms with E-state index in [0.29, 0.717) is 0 Å². The molecular weight excluding hydrogens is 266 g/mol. The smallest absolute Gasteiger partial charge is 0.0134 e. The Bertz CT molecular complexity index is 232. The second-order valence-electron chi connectivity index (χ2n) is 6.99. The minimum atomic E-state index is 0.721. The highest BCUT2D eigenvalue weighted by molar-refractivity contribution is 4.98. The van der Waals surface area contributed by atoms with Crippen molar-refractivity contribution in [1.29, 1.82) is 0 Å². The molecule has 2 N–H and O–H groups in total. The van der Waals surface area contributed by atoms with Crippen LogP contribution in [-0.4, -0.2) is 6.54 Å². The molecule has 1 nitrogen and oxygen atoms in total. The third-order valence-corrected chi connectivity index (χ3v) is 4.62. The van der Waals surface area contributed by atoms with Crippen molar-refractivity contribution in [3.05, 3.63) is 11.6 Å². The van der Waals surface area contributed by atoms with Crippen molar-refractivity contribution in [2.75, 3.05) is 6.54 Å². The predicted octanol–water partition coefficient (Wildman–Crippen LogP) is 7.15. The summed E-state index contributed by atoms with van der Waals surface area (Å²) in [4.78, 5) is 0. The van der Waals surface area contributed by atoms with Gasteiger partial charge in [-0.05, 0) is 19.8 Å². The third kappa shape index (κ3) is 17.8. The van der Waals surface area contributed by atoms with Crippen molar-refractivity contribution in [1.82, 2.24) is 0 Å². The van der Waals surface area contributed by atoms with E-state index in [1.807, 2.05) is 0 Å². The zero-order chi connectivity index (χ0) is 16.3. The van der Waals surface area contributed by atoms with E-state index in [1.165, 1.54) is 108 Å². The minimum absolute atomic E-state index is 0.721. The summed E-state index contributed by atoms with van der Waals surface area (Å²) in [7, 11) is 0. The lowest BCUT2D eigenvalue weighted by atomic mass is 10.0. The van der Waals surface area contributed by atoms with Crippen LogP contribution in [0.3, 0.4) is 0 Å². The third-order valence-electron chi connectivity index (χ3n) is 4.62. The lowest BCUT2D eigenvalue weighted by Gasteiger charge is -2.03. The quantitative estimate of drug-likeness (QED) is 0.224. The van der Waals surface area contributed by atoms with Crippen LogP contribution in [0.25, 0.3) is 0 Å². The molecule has 0 aromatic heterocycles. The van der Waals surface area contributed by atoms with Gasteiger partial charge in [0.15, 0.2) is 0 Å². The van der Waals surface area contributed by atoms with Crippen LogP contribution in [-0.2, 0) is 0 Å². The van der Waals surface area contributed by atoms with Crippen molar-refractivity contribution >= 4 is 0 Å². The van der Waals surface area contributed by atoms with Gasteiger partial charge >= 0.3 is 0 Å². The van der Waals surface area contributed by atoms with Crippen molar-refractivity contribution in [2.24, 2.45) is 5.73 Å². The second kappa shape index (κ2) is 18.7. The Labute approximate surface area is 141 Å². The maximum Gasteiger partial charge on any atom is 0.0134 e. The first-order valence-corrected chi connectivity index (χ1v) is 10.2. The van der Waals surface area contributed by atoms with Gasteiger partial charge in [0.1, 0.15) is 0 Å². The summed E-state index contributed by atoms with van der Waals surface area (Å²) < 4.78 is 0. The fraction of sp³-hybridized carbons (Fsp3) is 0.905. The molecule has 1 heteroatoms. The maximum absolute atomic E-state index is 5.57. The summed E-state index contributed by atoms with van der Waals surface area (Å²) in [5, 5.41) is 0. The number of unbranched alkanes of at least 4 members (excludes halogenated alkanes) is 15. The summed E-state index contributed by atoms with van der Waals surface area (Å²) in [6.45, 7) is 5.14. The molecular formula is C21H43N. The first kappa shape index (κ1) is 21.7.